The first-order valence-corrected chi connectivity index (χ1v) is 9.41. The van der Waals surface area contributed by atoms with Gasteiger partial charge in [-0.05, 0) is 42.8 Å². The summed E-state index contributed by atoms with van der Waals surface area (Å²) in [4.78, 5) is 29.0. The maximum atomic E-state index is 12.6. The molecule has 0 saturated heterocycles. The molecule has 1 aliphatic heterocycles. The van der Waals surface area contributed by atoms with Crippen molar-refractivity contribution in [3.8, 4) is 5.69 Å². The number of nitrogens with one attached hydrogen (secondary N) is 2. The molecular weight excluding hydrogens is 362 g/mol. The maximum absolute atomic E-state index is 12.6. The zero-order valence-electron chi connectivity index (χ0n) is 14.5. The van der Waals surface area contributed by atoms with Gasteiger partial charge in [0.1, 0.15) is 12.7 Å². The van der Waals surface area contributed by atoms with Gasteiger partial charge in [0.05, 0.1) is 23.2 Å². The van der Waals surface area contributed by atoms with E-state index in [1.165, 1.54) is 18.1 Å². The third-order valence-corrected chi connectivity index (χ3v) is 5.37. The van der Waals surface area contributed by atoms with Crippen molar-refractivity contribution in [2.45, 2.75) is 17.9 Å². The average molecular weight is 379 g/mol. The minimum Gasteiger partial charge on any atom is -0.346 e. The Morgan fingerprint density at radius 1 is 1.26 bits per heavy atom. The minimum absolute atomic E-state index is 0.0501. The van der Waals surface area contributed by atoms with Crippen molar-refractivity contribution in [2.75, 3.05) is 11.1 Å². The van der Waals surface area contributed by atoms with E-state index in [9.17, 15) is 9.59 Å². The lowest BCUT2D eigenvalue weighted by Crippen LogP contribution is -2.27. The van der Waals surface area contributed by atoms with E-state index < -0.39 is 0 Å². The zero-order valence-corrected chi connectivity index (χ0v) is 15.4. The molecule has 1 aliphatic rings. The molecule has 8 heteroatoms. The number of nitrogens with zero attached hydrogens (tertiary/aromatic N) is 3. The third kappa shape index (κ3) is 3.70. The number of amides is 2. The van der Waals surface area contributed by atoms with Gasteiger partial charge in [-0.1, -0.05) is 12.1 Å². The lowest BCUT2D eigenvalue weighted by molar-refractivity contribution is -0.113. The molecule has 1 atom stereocenters. The van der Waals surface area contributed by atoms with Crippen LogP contribution in [0.1, 0.15) is 28.9 Å². The summed E-state index contributed by atoms with van der Waals surface area (Å²) < 4.78 is 1.67. The fourth-order valence-electron chi connectivity index (χ4n) is 2.84. The molecule has 2 heterocycles. The molecule has 0 aliphatic carbocycles. The standard InChI is InChI=1S/C19H17N5O2S/c1-12(13-2-5-15(6-3-13)24-11-20-10-21-24)22-19(26)14-4-7-17-16(8-14)23-18(25)9-27-17/h2-8,10-12H,9H2,1H3,(H,22,26)(H,23,25)/t12-/m1/s1. The first-order chi connectivity index (χ1) is 13.1. The van der Waals surface area contributed by atoms with Crippen molar-refractivity contribution in [1.82, 2.24) is 20.1 Å². The summed E-state index contributed by atoms with van der Waals surface area (Å²) in [5.74, 6) is 0.168. The van der Waals surface area contributed by atoms with Crippen LogP contribution in [-0.2, 0) is 4.79 Å². The smallest absolute Gasteiger partial charge is 0.251 e. The molecule has 4 rings (SSSR count). The van der Waals surface area contributed by atoms with E-state index >= 15 is 0 Å². The van der Waals surface area contributed by atoms with Crippen LogP contribution >= 0.6 is 11.8 Å². The zero-order chi connectivity index (χ0) is 18.8. The highest BCUT2D eigenvalue weighted by Crippen LogP contribution is 2.32. The Morgan fingerprint density at radius 3 is 2.81 bits per heavy atom. The van der Waals surface area contributed by atoms with E-state index in [0.29, 0.717) is 17.0 Å². The summed E-state index contributed by atoms with van der Waals surface area (Å²) in [7, 11) is 0. The van der Waals surface area contributed by atoms with E-state index in [0.717, 1.165) is 16.1 Å². The van der Waals surface area contributed by atoms with Crippen LogP contribution < -0.4 is 10.6 Å². The van der Waals surface area contributed by atoms with Crippen LogP contribution in [0.4, 0.5) is 5.69 Å². The van der Waals surface area contributed by atoms with Crippen LogP contribution in [0.2, 0.25) is 0 Å². The second-order valence-corrected chi connectivity index (χ2v) is 7.19. The van der Waals surface area contributed by atoms with Crippen LogP contribution in [0.15, 0.2) is 60.0 Å². The summed E-state index contributed by atoms with van der Waals surface area (Å²) >= 11 is 1.47. The van der Waals surface area contributed by atoms with Gasteiger partial charge >= 0.3 is 0 Å². The number of hydrogen-bond acceptors (Lipinski definition) is 5. The van der Waals surface area contributed by atoms with E-state index in [1.54, 1.807) is 23.1 Å². The molecule has 0 radical (unpaired) electrons. The van der Waals surface area contributed by atoms with Gasteiger partial charge in [0.25, 0.3) is 5.91 Å². The van der Waals surface area contributed by atoms with E-state index in [-0.39, 0.29) is 17.9 Å². The fraction of sp³-hybridized carbons (Fsp3) is 0.158. The largest absolute Gasteiger partial charge is 0.346 e. The second-order valence-electron chi connectivity index (χ2n) is 6.17. The Balaban J connectivity index is 1.46. The molecule has 2 N–H and O–H groups in total. The molecule has 2 amide bonds. The molecule has 7 nitrogen and oxygen atoms in total. The van der Waals surface area contributed by atoms with Crippen LogP contribution in [0, 0.1) is 0 Å². The summed E-state index contributed by atoms with van der Waals surface area (Å²) in [6, 6.07) is 13.0. The number of carbonyl (C=O) groups is 2. The molecule has 0 bridgehead atoms. The lowest BCUT2D eigenvalue weighted by atomic mass is 10.1. The molecular formula is C19H17N5O2S. The normalized spacial score (nSPS) is 14.2. The topological polar surface area (TPSA) is 88.9 Å². The molecule has 1 aromatic heterocycles. The monoisotopic (exact) mass is 379 g/mol. The number of hydrogen-bond donors (Lipinski definition) is 2. The number of aromatic nitrogens is 3. The number of anilines is 1. The summed E-state index contributed by atoms with van der Waals surface area (Å²) in [5.41, 5.74) is 3.09. The molecule has 0 saturated carbocycles. The van der Waals surface area contributed by atoms with Crippen LogP contribution in [0.5, 0.6) is 0 Å². The summed E-state index contributed by atoms with van der Waals surface area (Å²) in [6.07, 6.45) is 3.11. The first-order valence-electron chi connectivity index (χ1n) is 8.43. The molecule has 2 aromatic carbocycles. The van der Waals surface area contributed by atoms with E-state index in [2.05, 4.69) is 20.7 Å². The van der Waals surface area contributed by atoms with Crippen molar-refractivity contribution in [3.05, 3.63) is 66.2 Å². The molecule has 27 heavy (non-hydrogen) atoms. The lowest BCUT2D eigenvalue weighted by Gasteiger charge is -2.18. The van der Waals surface area contributed by atoms with Crippen molar-refractivity contribution >= 4 is 29.3 Å². The predicted octanol–water partition coefficient (Wildman–Crippen LogP) is 2.80. The van der Waals surface area contributed by atoms with Crippen molar-refractivity contribution in [3.63, 3.8) is 0 Å². The highest BCUT2D eigenvalue weighted by Gasteiger charge is 2.18. The predicted molar refractivity (Wildman–Crippen MR) is 103 cm³/mol. The number of fused-ring (bicyclic) bond motifs is 1. The minimum atomic E-state index is -0.185. The number of rotatable bonds is 4. The fourth-order valence-corrected chi connectivity index (χ4v) is 3.63. The molecule has 0 spiro atoms. The third-order valence-electron chi connectivity index (χ3n) is 4.30. The van der Waals surface area contributed by atoms with Gasteiger partial charge in [0.2, 0.25) is 5.91 Å². The quantitative estimate of drug-likeness (QED) is 0.728. The maximum Gasteiger partial charge on any atom is 0.251 e. The van der Waals surface area contributed by atoms with Crippen LogP contribution in [0.3, 0.4) is 0 Å². The van der Waals surface area contributed by atoms with Crippen molar-refractivity contribution in [1.29, 1.82) is 0 Å². The second kappa shape index (κ2) is 7.24. The molecule has 3 aromatic rings. The average Bonchev–Trinajstić information content (AvgIpc) is 3.22. The highest BCUT2D eigenvalue weighted by molar-refractivity contribution is 8.00. The van der Waals surface area contributed by atoms with Gasteiger partial charge in [-0.25, -0.2) is 9.67 Å². The number of carbonyl (C=O) groups excluding carboxylic acids is 2. The summed E-state index contributed by atoms with van der Waals surface area (Å²) in [5, 5.41) is 9.89. The van der Waals surface area contributed by atoms with Gasteiger partial charge in [-0.3, -0.25) is 9.59 Å². The Labute approximate surface area is 160 Å². The first kappa shape index (κ1) is 17.3. The van der Waals surface area contributed by atoms with Crippen molar-refractivity contribution in [2.24, 2.45) is 0 Å². The van der Waals surface area contributed by atoms with Gasteiger partial charge < -0.3 is 10.6 Å². The van der Waals surface area contributed by atoms with Crippen LogP contribution in [0.25, 0.3) is 5.69 Å². The van der Waals surface area contributed by atoms with Gasteiger partial charge in [0, 0.05) is 10.5 Å². The van der Waals surface area contributed by atoms with Gasteiger partial charge in [0.15, 0.2) is 0 Å². The SMILES string of the molecule is C[C@@H](NC(=O)c1ccc2c(c1)NC(=O)CS2)c1ccc(-n2cncn2)cc1. The van der Waals surface area contributed by atoms with E-state index in [4.69, 9.17) is 0 Å². The Bertz CT molecular complexity index is 986. The number of benzene rings is 2. The van der Waals surface area contributed by atoms with Crippen LogP contribution in [-0.4, -0.2) is 32.3 Å². The van der Waals surface area contributed by atoms with Gasteiger partial charge in [-0.2, -0.15) is 5.10 Å². The Hall–Kier alpha value is -3.13. The summed E-state index contributed by atoms with van der Waals surface area (Å²) in [6.45, 7) is 1.93. The van der Waals surface area contributed by atoms with E-state index in [1.807, 2.05) is 37.3 Å². The highest BCUT2D eigenvalue weighted by atomic mass is 32.2. The molecule has 136 valence electrons. The molecule has 0 unspecified atom stereocenters. The van der Waals surface area contributed by atoms with Gasteiger partial charge in [-0.15, -0.1) is 11.8 Å². The van der Waals surface area contributed by atoms with Crippen molar-refractivity contribution < 1.29 is 9.59 Å². The Morgan fingerprint density at radius 2 is 2.07 bits per heavy atom. The molecule has 0 fully saturated rings. The Kier molecular flexibility index (Phi) is 4.64. The number of thioether (sulfide) groups is 1.